The molecule has 8 nitrogen and oxygen atoms in total. The van der Waals surface area contributed by atoms with Crippen molar-refractivity contribution >= 4 is 12.0 Å². The maximum absolute atomic E-state index is 14.4. The summed E-state index contributed by atoms with van der Waals surface area (Å²) in [4.78, 5) is 32.0. The van der Waals surface area contributed by atoms with Crippen LogP contribution in [0.2, 0.25) is 0 Å². The number of benzene rings is 2. The number of amides is 2. The molecule has 37 heavy (non-hydrogen) atoms. The van der Waals surface area contributed by atoms with Crippen LogP contribution in [0, 0.1) is 5.82 Å². The van der Waals surface area contributed by atoms with Crippen LogP contribution >= 0.6 is 0 Å². The molecule has 2 heterocycles. The summed E-state index contributed by atoms with van der Waals surface area (Å²) in [5.74, 6) is -0.469. The van der Waals surface area contributed by atoms with Gasteiger partial charge in [0.2, 0.25) is 0 Å². The maximum Gasteiger partial charge on any atom is 0.404 e. The second kappa shape index (κ2) is 11.1. The van der Waals surface area contributed by atoms with E-state index in [1.165, 1.54) is 6.07 Å². The topological polar surface area (TPSA) is 99.5 Å². The molecule has 1 aromatic heterocycles. The van der Waals surface area contributed by atoms with E-state index in [4.69, 9.17) is 0 Å². The van der Waals surface area contributed by atoms with E-state index in [1.807, 2.05) is 41.0 Å². The molecule has 0 bridgehead atoms. The van der Waals surface area contributed by atoms with Crippen LogP contribution in [0.5, 0.6) is 0 Å². The molecule has 3 aromatic rings. The lowest BCUT2D eigenvalue weighted by atomic mass is 9.89. The van der Waals surface area contributed by atoms with E-state index in [1.54, 1.807) is 23.4 Å². The summed E-state index contributed by atoms with van der Waals surface area (Å²) >= 11 is 0. The van der Waals surface area contributed by atoms with Crippen LogP contribution in [0.25, 0.3) is 11.3 Å². The Kier molecular flexibility index (Phi) is 7.50. The van der Waals surface area contributed by atoms with E-state index in [-0.39, 0.29) is 29.8 Å². The summed E-state index contributed by atoms with van der Waals surface area (Å²) in [5.41, 5.74) is 2.46. The van der Waals surface area contributed by atoms with Gasteiger partial charge in [0.25, 0.3) is 5.91 Å². The predicted octanol–water partition coefficient (Wildman–Crippen LogP) is 4.10. The lowest BCUT2D eigenvalue weighted by molar-refractivity contribution is 0.0630. The molecule has 1 saturated carbocycles. The molecule has 3 N–H and O–H groups in total. The van der Waals surface area contributed by atoms with Crippen molar-refractivity contribution in [3.8, 4) is 11.3 Å². The van der Waals surface area contributed by atoms with Gasteiger partial charge in [0, 0.05) is 31.2 Å². The minimum atomic E-state index is -1.05. The quantitative estimate of drug-likeness (QED) is 0.469. The van der Waals surface area contributed by atoms with Gasteiger partial charge in [0.15, 0.2) is 5.69 Å². The molecule has 3 atom stereocenters. The van der Waals surface area contributed by atoms with Gasteiger partial charge in [-0.3, -0.25) is 4.79 Å². The van der Waals surface area contributed by atoms with Crippen LogP contribution < -0.4 is 10.6 Å². The molecule has 0 spiro atoms. The van der Waals surface area contributed by atoms with Crippen molar-refractivity contribution in [3.05, 3.63) is 78.0 Å². The third-order valence-corrected chi connectivity index (χ3v) is 7.46. The lowest BCUT2D eigenvalue weighted by Crippen LogP contribution is -2.54. The minimum Gasteiger partial charge on any atom is -0.465 e. The van der Waals surface area contributed by atoms with E-state index < -0.39 is 6.09 Å². The Morgan fingerprint density at radius 3 is 2.62 bits per heavy atom. The third-order valence-electron chi connectivity index (χ3n) is 7.46. The highest BCUT2D eigenvalue weighted by Crippen LogP contribution is 2.35. The smallest absolute Gasteiger partial charge is 0.404 e. The summed E-state index contributed by atoms with van der Waals surface area (Å²) in [6.45, 7) is 1.70. The van der Waals surface area contributed by atoms with Crippen LogP contribution in [0.3, 0.4) is 0 Å². The van der Waals surface area contributed by atoms with E-state index in [0.717, 1.165) is 31.2 Å². The number of nitrogens with one attached hydrogen (secondary N) is 2. The predicted molar refractivity (Wildman–Crippen MR) is 138 cm³/mol. The minimum absolute atomic E-state index is 0.147. The van der Waals surface area contributed by atoms with Crippen molar-refractivity contribution in [1.29, 1.82) is 0 Å². The number of imidazole rings is 1. The normalized spacial score (nSPS) is 22.0. The Hall–Kier alpha value is -3.72. The van der Waals surface area contributed by atoms with Gasteiger partial charge in [0.05, 0.1) is 24.1 Å². The van der Waals surface area contributed by atoms with Gasteiger partial charge in [-0.05, 0) is 30.9 Å². The zero-order valence-corrected chi connectivity index (χ0v) is 20.6. The van der Waals surface area contributed by atoms with Crippen LogP contribution in [0.1, 0.15) is 47.8 Å². The fourth-order valence-electron chi connectivity index (χ4n) is 5.69. The molecule has 194 valence electrons. The zero-order valence-electron chi connectivity index (χ0n) is 20.6. The molecule has 1 saturated heterocycles. The van der Waals surface area contributed by atoms with Crippen LogP contribution in [0.4, 0.5) is 9.18 Å². The standard InChI is InChI=1S/C28H32FN5O3/c29-22-11-5-4-10-20(22)16-21-17-30-14-15-33(21)27(35)25-26(19-8-2-1-3-9-19)34(18-31-25)24-13-7-6-12-23(24)32-28(36)37/h1-5,8-11,18,21,23-24,30,32H,6-7,12-17H2,(H,36,37)/t21-,23+,24+/m1/s1. The Balaban J connectivity index is 1.51. The van der Waals surface area contributed by atoms with E-state index >= 15 is 0 Å². The highest BCUT2D eigenvalue weighted by molar-refractivity contribution is 5.98. The number of rotatable bonds is 6. The number of carboxylic acid groups (broad SMARTS) is 1. The van der Waals surface area contributed by atoms with E-state index in [0.29, 0.717) is 43.0 Å². The first-order valence-electron chi connectivity index (χ1n) is 12.9. The van der Waals surface area contributed by atoms with Gasteiger partial charge >= 0.3 is 6.09 Å². The number of aromatic nitrogens is 2. The molecule has 2 amide bonds. The Morgan fingerprint density at radius 2 is 1.84 bits per heavy atom. The van der Waals surface area contributed by atoms with Gasteiger partial charge in [-0.2, -0.15) is 0 Å². The first-order chi connectivity index (χ1) is 18.0. The highest BCUT2D eigenvalue weighted by atomic mass is 19.1. The molecule has 1 aliphatic heterocycles. The molecule has 5 rings (SSSR count). The van der Waals surface area contributed by atoms with Crippen molar-refractivity contribution in [1.82, 2.24) is 25.1 Å². The van der Waals surface area contributed by atoms with Gasteiger partial charge < -0.3 is 25.2 Å². The highest BCUT2D eigenvalue weighted by Gasteiger charge is 2.35. The molecular formula is C28H32FN5O3. The summed E-state index contributed by atoms with van der Waals surface area (Å²) in [5, 5.41) is 15.4. The number of halogens is 1. The number of carbonyl (C=O) groups is 2. The molecule has 9 heteroatoms. The first-order valence-corrected chi connectivity index (χ1v) is 12.9. The Bertz CT molecular complexity index is 1250. The fourth-order valence-corrected chi connectivity index (χ4v) is 5.69. The average molecular weight is 506 g/mol. The Morgan fingerprint density at radius 1 is 1.08 bits per heavy atom. The molecule has 0 radical (unpaired) electrons. The van der Waals surface area contributed by atoms with Crippen LogP contribution in [-0.2, 0) is 6.42 Å². The molecule has 1 aliphatic carbocycles. The summed E-state index contributed by atoms with van der Waals surface area (Å²) in [6.07, 6.45) is 4.47. The van der Waals surface area contributed by atoms with E-state index in [2.05, 4.69) is 15.6 Å². The third kappa shape index (κ3) is 5.36. The fraction of sp³-hybridized carbons (Fsp3) is 0.393. The SMILES string of the molecule is O=C(O)N[C@H]1CCCC[C@@H]1n1cnc(C(=O)N2CCNC[C@H]2Cc2ccccc2F)c1-c1ccccc1. The number of piperazine rings is 1. The van der Waals surface area contributed by atoms with Crippen molar-refractivity contribution in [2.45, 2.75) is 50.2 Å². The maximum atomic E-state index is 14.4. The number of hydrogen-bond acceptors (Lipinski definition) is 4. The van der Waals surface area contributed by atoms with Crippen LogP contribution in [-0.4, -0.2) is 63.3 Å². The molecule has 2 fully saturated rings. The average Bonchev–Trinajstić information content (AvgIpc) is 3.35. The lowest BCUT2D eigenvalue weighted by Gasteiger charge is -2.36. The van der Waals surface area contributed by atoms with Gasteiger partial charge in [-0.1, -0.05) is 61.4 Å². The van der Waals surface area contributed by atoms with Crippen molar-refractivity contribution in [2.75, 3.05) is 19.6 Å². The number of hydrogen-bond donors (Lipinski definition) is 3. The van der Waals surface area contributed by atoms with E-state index in [9.17, 15) is 19.1 Å². The zero-order chi connectivity index (χ0) is 25.8. The van der Waals surface area contributed by atoms with Crippen molar-refractivity contribution in [2.24, 2.45) is 0 Å². The molecule has 2 aliphatic rings. The summed E-state index contributed by atoms with van der Waals surface area (Å²) in [6, 6.07) is 15.7. The van der Waals surface area contributed by atoms with Crippen molar-refractivity contribution in [3.63, 3.8) is 0 Å². The first kappa shape index (κ1) is 25.0. The van der Waals surface area contributed by atoms with Gasteiger partial charge in [0.1, 0.15) is 5.82 Å². The Labute approximate surface area is 215 Å². The molecule has 2 aromatic carbocycles. The second-order valence-corrected chi connectivity index (χ2v) is 9.77. The summed E-state index contributed by atoms with van der Waals surface area (Å²) < 4.78 is 16.4. The number of nitrogens with zero attached hydrogens (tertiary/aromatic N) is 3. The second-order valence-electron chi connectivity index (χ2n) is 9.77. The van der Waals surface area contributed by atoms with Crippen LogP contribution in [0.15, 0.2) is 60.9 Å². The van der Waals surface area contributed by atoms with Gasteiger partial charge in [-0.15, -0.1) is 0 Å². The van der Waals surface area contributed by atoms with Crippen molar-refractivity contribution < 1.29 is 19.1 Å². The molecular weight excluding hydrogens is 473 g/mol. The van der Waals surface area contributed by atoms with Gasteiger partial charge in [-0.25, -0.2) is 14.2 Å². The number of carbonyl (C=O) groups excluding carboxylic acids is 1. The monoisotopic (exact) mass is 505 g/mol. The summed E-state index contributed by atoms with van der Waals surface area (Å²) in [7, 11) is 0. The largest absolute Gasteiger partial charge is 0.465 e. The molecule has 0 unspecified atom stereocenters.